The summed E-state index contributed by atoms with van der Waals surface area (Å²) in [6.45, 7) is 0.579. The summed E-state index contributed by atoms with van der Waals surface area (Å²) in [5.41, 5.74) is -0.0792. The van der Waals surface area contributed by atoms with Crippen molar-refractivity contribution >= 4 is 11.8 Å². The quantitative estimate of drug-likeness (QED) is 0.914. The molecule has 9 heteroatoms. The minimum absolute atomic E-state index is 0.00877. The summed E-state index contributed by atoms with van der Waals surface area (Å²) in [5.74, 6) is -0.00877. The highest BCUT2D eigenvalue weighted by Crippen LogP contribution is 2.32. The van der Waals surface area contributed by atoms with Gasteiger partial charge >= 0.3 is 12.2 Å². The zero-order valence-electron chi connectivity index (χ0n) is 12.9. The largest absolute Gasteiger partial charge is 0.435 e. The average Bonchev–Trinajstić information content (AvgIpc) is 3.15. The zero-order valence-corrected chi connectivity index (χ0v) is 12.9. The number of carbonyl (C=O) groups is 1. The van der Waals surface area contributed by atoms with Gasteiger partial charge in [0.05, 0.1) is 6.04 Å². The van der Waals surface area contributed by atoms with Crippen LogP contribution in [-0.2, 0) is 13.2 Å². The summed E-state index contributed by atoms with van der Waals surface area (Å²) >= 11 is 0. The lowest BCUT2D eigenvalue weighted by molar-refractivity contribution is -0.141. The highest BCUT2D eigenvalue weighted by Gasteiger charge is 2.34. The maximum Gasteiger partial charge on any atom is 0.435 e. The number of halogens is 3. The van der Waals surface area contributed by atoms with E-state index >= 15 is 0 Å². The standard InChI is InChI=1S/C15H16F3N5O/c1-22-8-2-4-10(22)11-5-3-9-23(11)14(24)19-13-7-6-12(20-21-13)15(16,17)18/h2,4,6-8,11H,3,5,9H2,1H3,(H,19,21,24). The molecule has 1 saturated heterocycles. The molecule has 1 aliphatic rings. The summed E-state index contributed by atoms with van der Waals surface area (Å²) in [6.07, 6.45) is -0.945. The fourth-order valence-electron chi connectivity index (χ4n) is 2.87. The van der Waals surface area contributed by atoms with Gasteiger partial charge in [-0.1, -0.05) is 0 Å². The third-order valence-corrected chi connectivity index (χ3v) is 4.03. The highest BCUT2D eigenvalue weighted by molar-refractivity contribution is 5.88. The van der Waals surface area contributed by atoms with E-state index < -0.39 is 17.9 Å². The summed E-state index contributed by atoms with van der Waals surface area (Å²) in [5, 5.41) is 9.04. The number of carbonyl (C=O) groups excluding carboxylic acids is 1. The molecule has 2 aromatic rings. The van der Waals surface area contributed by atoms with Crippen molar-refractivity contribution in [1.29, 1.82) is 0 Å². The Hall–Kier alpha value is -2.58. The lowest BCUT2D eigenvalue weighted by Gasteiger charge is -2.25. The molecule has 0 radical (unpaired) electrons. The van der Waals surface area contributed by atoms with E-state index in [0.717, 1.165) is 30.7 Å². The van der Waals surface area contributed by atoms with Gasteiger partial charge in [0.25, 0.3) is 0 Å². The van der Waals surface area contributed by atoms with Gasteiger partial charge in [0, 0.05) is 25.5 Å². The van der Waals surface area contributed by atoms with E-state index in [1.54, 1.807) is 4.90 Å². The molecule has 3 rings (SSSR count). The number of nitrogens with one attached hydrogen (secondary N) is 1. The number of likely N-dealkylation sites (tertiary alicyclic amines) is 1. The maximum absolute atomic E-state index is 12.5. The van der Waals surface area contributed by atoms with Crippen LogP contribution in [0.15, 0.2) is 30.5 Å². The Bertz CT molecular complexity index is 725. The molecule has 2 aromatic heterocycles. The summed E-state index contributed by atoms with van der Waals surface area (Å²) in [4.78, 5) is 14.1. The van der Waals surface area contributed by atoms with Crippen molar-refractivity contribution < 1.29 is 18.0 Å². The molecular formula is C15H16F3N5O. The van der Waals surface area contributed by atoms with Gasteiger partial charge in [-0.25, -0.2) is 4.79 Å². The van der Waals surface area contributed by atoms with Crippen molar-refractivity contribution in [2.24, 2.45) is 7.05 Å². The number of anilines is 1. The molecule has 128 valence electrons. The normalized spacial score (nSPS) is 18.0. The number of alkyl halides is 3. The Kier molecular flexibility index (Phi) is 4.16. The first-order chi connectivity index (χ1) is 11.4. The van der Waals surface area contributed by atoms with Crippen LogP contribution < -0.4 is 5.32 Å². The lowest BCUT2D eigenvalue weighted by Crippen LogP contribution is -2.35. The Labute approximate surface area is 136 Å². The van der Waals surface area contributed by atoms with Crippen molar-refractivity contribution in [3.63, 3.8) is 0 Å². The van der Waals surface area contributed by atoms with E-state index in [4.69, 9.17) is 0 Å². The predicted octanol–water partition coefficient (Wildman–Crippen LogP) is 3.20. The highest BCUT2D eigenvalue weighted by atomic mass is 19.4. The molecule has 1 atom stereocenters. The number of aryl methyl sites for hydroxylation is 1. The van der Waals surface area contributed by atoms with Crippen LogP contribution in [0.1, 0.15) is 30.3 Å². The van der Waals surface area contributed by atoms with Crippen LogP contribution in [0.25, 0.3) is 0 Å². The van der Waals surface area contributed by atoms with Crippen molar-refractivity contribution in [2.75, 3.05) is 11.9 Å². The predicted molar refractivity (Wildman–Crippen MR) is 80.1 cm³/mol. The number of aromatic nitrogens is 3. The van der Waals surface area contributed by atoms with E-state index in [9.17, 15) is 18.0 Å². The van der Waals surface area contributed by atoms with Crippen LogP contribution in [-0.4, -0.2) is 32.2 Å². The topological polar surface area (TPSA) is 63.1 Å². The molecule has 0 aromatic carbocycles. The van der Waals surface area contributed by atoms with Crippen molar-refractivity contribution in [3.05, 3.63) is 41.9 Å². The van der Waals surface area contributed by atoms with Crippen LogP contribution in [0.4, 0.5) is 23.8 Å². The molecule has 1 fully saturated rings. The van der Waals surface area contributed by atoms with Gasteiger partial charge in [-0.2, -0.15) is 13.2 Å². The van der Waals surface area contributed by atoms with Crippen LogP contribution in [0.5, 0.6) is 0 Å². The second-order valence-corrected chi connectivity index (χ2v) is 5.63. The van der Waals surface area contributed by atoms with Gasteiger partial charge in [0.15, 0.2) is 11.5 Å². The molecule has 3 heterocycles. The van der Waals surface area contributed by atoms with E-state index in [0.29, 0.717) is 6.54 Å². The molecule has 0 saturated carbocycles. The zero-order chi connectivity index (χ0) is 17.3. The Balaban J connectivity index is 1.71. The Morgan fingerprint density at radius 2 is 2.08 bits per heavy atom. The van der Waals surface area contributed by atoms with Gasteiger partial charge in [-0.15, -0.1) is 10.2 Å². The number of hydrogen-bond donors (Lipinski definition) is 1. The van der Waals surface area contributed by atoms with Crippen LogP contribution in [0.3, 0.4) is 0 Å². The minimum atomic E-state index is -4.55. The third kappa shape index (κ3) is 3.19. The van der Waals surface area contributed by atoms with Crippen LogP contribution in [0, 0.1) is 0 Å². The summed E-state index contributed by atoms with van der Waals surface area (Å²) in [7, 11) is 1.91. The molecule has 1 aliphatic heterocycles. The number of amides is 2. The van der Waals surface area contributed by atoms with Crippen LogP contribution >= 0.6 is 0 Å². The van der Waals surface area contributed by atoms with Gasteiger partial charge in [-0.3, -0.25) is 5.32 Å². The first-order valence-electron chi connectivity index (χ1n) is 7.46. The third-order valence-electron chi connectivity index (χ3n) is 4.03. The Morgan fingerprint density at radius 3 is 2.67 bits per heavy atom. The van der Waals surface area contributed by atoms with Crippen molar-refractivity contribution in [1.82, 2.24) is 19.7 Å². The van der Waals surface area contributed by atoms with Gasteiger partial charge in [0.2, 0.25) is 0 Å². The van der Waals surface area contributed by atoms with E-state index in [-0.39, 0.29) is 11.9 Å². The average molecular weight is 339 g/mol. The van der Waals surface area contributed by atoms with E-state index in [1.807, 2.05) is 29.9 Å². The molecular weight excluding hydrogens is 323 g/mol. The number of hydrogen-bond acceptors (Lipinski definition) is 3. The molecule has 0 spiro atoms. The monoisotopic (exact) mass is 339 g/mol. The maximum atomic E-state index is 12.5. The smallest absolute Gasteiger partial charge is 0.353 e. The van der Waals surface area contributed by atoms with Gasteiger partial charge in [-0.05, 0) is 37.1 Å². The molecule has 1 unspecified atom stereocenters. The van der Waals surface area contributed by atoms with Gasteiger partial charge < -0.3 is 9.47 Å². The molecule has 24 heavy (non-hydrogen) atoms. The van der Waals surface area contributed by atoms with Crippen molar-refractivity contribution in [3.8, 4) is 0 Å². The molecule has 6 nitrogen and oxygen atoms in total. The van der Waals surface area contributed by atoms with Gasteiger partial charge in [0.1, 0.15) is 0 Å². The SMILES string of the molecule is Cn1cccc1C1CCCN1C(=O)Nc1ccc(C(F)(F)F)nn1. The number of urea groups is 1. The molecule has 0 bridgehead atoms. The lowest BCUT2D eigenvalue weighted by atomic mass is 10.1. The minimum Gasteiger partial charge on any atom is -0.353 e. The van der Waals surface area contributed by atoms with Crippen LogP contribution in [0.2, 0.25) is 0 Å². The first kappa shape index (κ1) is 16.3. The first-order valence-corrected chi connectivity index (χ1v) is 7.46. The molecule has 2 amide bonds. The molecule has 0 aliphatic carbocycles. The van der Waals surface area contributed by atoms with E-state index in [2.05, 4.69) is 15.5 Å². The summed E-state index contributed by atoms with van der Waals surface area (Å²) in [6, 6.07) is 5.29. The fourth-order valence-corrected chi connectivity index (χ4v) is 2.87. The Morgan fingerprint density at radius 1 is 1.29 bits per heavy atom. The second kappa shape index (κ2) is 6.14. The summed E-state index contributed by atoms with van der Waals surface area (Å²) < 4.78 is 39.4. The van der Waals surface area contributed by atoms with Crippen molar-refractivity contribution in [2.45, 2.75) is 25.1 Å². The fraction of sp³-hybridized carbons (Fsp3) is 0.400. The molecule has 1 N–H and O–H groups in total. The second-order valence-electron chi connectivity index (χ2n) is 5.63. The van der Waals surface area contributed by atoms with E-state index in [1.165, 1.54) is 0 Å². The number of rotatable bonds is 2. The number of nitrogens with zero attached hydrogens (tertiary/aromatic N) is 4.